The molecule has 0 bridgehead atoms. The maximum absolute atomic E-state index is 13.4. The monoisotopic (exact) mass is 489 g/mol. The minimum absolute atomic E-state index is 0.153. The first-order valence-corrected chi connectivity index (χ1v) is 12.8. The van der Waals surface area contributed by atoms with Gasteiger partial charge in [0.15, 0.2) is 9.84 Å². The highest BCUT2D eigenvalue weighted by Gasteiger charge is 2.24. The van der Waals surface area contributed by atoms with Crippen molar-refractivity contribution in [1.82, 2.24) is 10.3 Å². The van der Waals surface area contributed by atoms with Gasteiger partial charge in [-0.15, -0.1) is 11.3 Å². The number of rotatable bonds is 8. The fourth-order valence-electron chi connectivity index (χ4n) is 3.20. The lowest BCUT2D eigenvalue weighted by molar-refractivity contribution is 0.0964. The third kappa shape index (κ3) is 5.15. The SMILES string of the molecule is CNC(=O)c1c(-c2ccc(F)cc2)oc2cc(NCS(C)(=O)=O)c(OCc3cscn3)cc12. The van der Waals surface area contributed by atoms with Crippen molar-refractivity contribution in [3.8, 4) is 17.1 Å². The topological polar surface area (TPSA) is 111 Å². The van der Waals surface area contributed by atoms with Crippen LogP contribution < -0.4 is 15.4 Å². The standard InChI is InChI=1S/C22H20FN3O5S2/c1-24-22(27)20-16-7-19(30-9-15-10-32-11-25-15)17(26-12-33(2,28)29)8-18(16)31-21(20)13-3-5-14(23)6-4-13/h3-8,10-11,26H,9,12H2,1-2H3,(H,24,27). The Morgan fingerprint density at radius 2 is 2.00 bits per heavy atom. The molecule has 2 aromatic heterocycles. The zero-order chi connectivity index (χ0) is 23.6. The van der Waals surface area contributed by atoms with Crippen molar-refractivity contribution in [2.75, 3.05) is 24.5 Å². The van der Waals surface area contributed by atoms with E-state index in [2.05, 4.69) is 15.6 Å². The lowest BCUT2D eigenvalue weighted by Gasteiger charge is -2.13. The highest BCUT2D eigenvalue weighted by molar-refractivity contribution is 7.90. The van der Waals surface area contributed by atoms with E-state index in [-0.39, 0.29) is 23.8 Å². The molecule has 4 aromatic rings. The zero-order valence-corrected chi connectivity index (χ0v) is 19.3. The molecule has 33 heavy (non-hydrogen) atoms. The minimum Gasteiger partial charge on any atom is -0.485 e. The summed E-state index contributed by atoms with van der Waals surface area (Å²) in [6.45, 7) is 0.153. The van der Waals surface area contributed by atoms with Crippen LogP contribution in [0.25, 0.3) is 22.3 Å². The molecule has 0 spiro atoms. The van der Waals surface area contributed by atoms with E-state index in [1.807, 2.05) is 5.38 Å². The molecule has 8 nitrogen and oxygen atoms in total. The van der Waals surface area contributed by atoms with Gasteiger partial charge in [0.1, 0.15) is 35.4 Å². The second kappa shape index (κ2) is 9.20. The van der Waals surface area contributed by atoms with Crippen LogP contribution in [0.3, 0.4) is 0 Å². The number of carbonyl (C=O) groups excluding carboxylic acids is 1. The van der Waals surface area contributed by atoms with Gasteiger partial charge < -0.3 is 19.8 Å². The van der Waals surface area contributed by atoms with E-state index in [1.54, 1.807) is 17.6 Å². The molecule has 0 unspecified atom stereocenters. The van der Waals surface area contributed by atoms with Gasteiger partial charge >= 0.3 is 0 Å². The summed E-state index contributed by atoms with van der Waals surface area (Å²) >= 11 is 1.43. The van der Waals surface area contributed by atoms with Gasteiger partial charge in [0.2, 0.25) is 0 Å². The summed E-state index contributed by atoms with van der Waals surface area (Å²) in [5.74, 6) is -0.540. The van der Waals surface area contributed by atoms with Crippen LogP contribution in [0.1, 0.15) is 16.1 Å². The van der Waals surface area contributed by atoms with Crippen molar-refractivity contribution >= 4 is 43.7 Å². The summed E-state index contributed by atoms with van der Waals surface area (Å²) in [7, 11) is -1.83. The van der Waals surface area contributed by atoms with Gasteiger partial charge in [0.25, 0.3) is 5.91 Å². The van der Waals surface area contributed by atoms with Gasteiger partial charge in [-0.05, 0) is 30.3 Å². The molecule has 0 saturated heterocycles. The number of carbonyl (C=O) groups is 1. The van der Waals surface area contributed by atoms with Crippen LogP contribution in [0.4, 0.5) is 10.1 Å². The van der Waals surface area contributed by atoms with Gasteiger partial charge in [0.05, 0.1) is 22.5 Å². The number of thiazole rings is 1. The third-order valence-corrected chi connectivity index (χ3v) is 6.04. The Morgan fingerprint density at radius 3 is 2.64 bits per heavy atom. The molecule has 0 aliphatic carbocycles. The Balaban J connectivity index is 1.85. The Bertz CT molecular complexity index is 1400. The van der Waals surface area contributed by atoms with Gasteiger partial charge in [-0.3, -0.25) is 4.79 Å². The number of nitrogens with one attached hydrogen (secondary N) is 2. The van der Waals surface area contributed by atoms with Crippen LogP contribution in [0.5, 0.6) is 5.75 Å². The molecule has 0 fully saturated rings. The van der Waals surface area contributed by atoms with Crippen molar-refractivity contribution in [3.63, 3.8) is 0 Å². The van der Waals surface area contributed by atoms with Crippen LogP contribution in [-0.2, 0) is 16.4 Å². The molecular weight excluding hydrogens is 469 g/mol. The number of fused-ring (bicyclic) bond motifs is 1. The number of nitrogens with zero attached hydrogens (tertiary/aromatic N) is 1. The van der Waals surface area contributed by atoms with Crippen LogP contribution >= 0.6 is 11.3 Å². The van der Waals surface area contributed by atoms with Crippen molar-refractivity contribution < 1.29 is 26.8 Å². The molecule has 0 atom stereocenters. The molecule has 2 aromatic carbocycles. The molecule has 0 radical (unpaired) electrons. The Hall–Kier alpha value is -3.44. The smallest absolute Gasteiger partial charge is 0.255 e. The van der Waals surface area contributed by atoms with Crippen molar-refractivity contribution in [3.05, 3.63) is 64.4 Å². The van der Waals surface area contributed by atoms with Crippen LogP contribution in [0, 0.1) is 5.82 Å². The van der Waals surface area contributed by atoms with Crippen molar-refractivity contribution in [1.29, 1.82) is 0 Å². The Morgan fingerprint density at radius 1 is 1.24 bits per heavy atom. The van der Waals surface area contributed by atoms with Crippen LogP contribution in [-0.4, -0.2) is 38.5 Å². The highest BCUT2D eigenvalue weighted by Crippen LogP contribution is 2.39. The molecule has 11 heteroatoms. The average molecular weight is 490 g/mol. The molecule has 0 aliphatic rings. The summed E-state index contributed by atoms with van der Waals surface area (Å²) in [4.78, 5) is 16.9. The maximum atomic E-state index is 13.4. The molecule has 2 N–H and O–H groups in total. The van der Waals surface area contributed by atoms with E-state index in [4.69, 9.17) is 9.15 Å². The fraction of sp³-hybridized carbons (Fsp3) is 0.182. The molecular formula is C22H20FN3O5S2. The van der Waals surface area contributed by atoms with Gasteiger partial charge in [-0.2, -0.15) is 0 Å². The largest absolute Gasteiger partial charge is 0.485 e. The average Bonchev–Trinajstić information content (AvgIpc) is 3.43. The molecule has 2 heterocycles. The second-order valence-corrected chi connectivity index (χ2v) is 10.1. The van der Waals surface area contributed by atoms with E-state index < -0.39 is 21.6 Å². The third-order valence-electron chi connectivity index (χ3n) is 4.73. The number of hydrogen-bond donors (Lipinski definition) is 2. The quantitative estimate of drug-likeness (QED) is 0.384. The van der Waals surface area contributed by atoms with Gasteiger partial charge in [0, 0.05) is 35.7 Å². The minimum atomic E-state index is -3.33. The fourth-order valence-corrected chi connectivity index (χ4v) is 4.17. The molecule has 4 rings (SSSR count). The highest BCUT2D eigenvalue weighted by atomic mass is 32.2. The summed E-state index contributed by atoms with van der Waals surface area (Å²) in [5.41, 5.74) is 3.88. The number of hydrogen-bond acceptors (Lipinski definition) is 8. The van der Waals surface area contributed by atoms with Crippen molar-refractivity contribution in [2.45, 2.75) is 6.61 Å². The lowest BCUT2D eigenvalue weighted by Crippen LogP contribution is -2.18. The summed E-state index contributed by atoms with van der Waals surface area (Å²) in [5, 5.41) is 7.75. The van der Waals surface area contributed by atoms with E-state index in [0.29, 0.717) is 33.7 Å². The number of furan rings is 1. The van der Waals surface area contributed by atoms with Gasteiger partial charge in [-0.25, -0.2) is 17.8 Å². The summed E-state index contributed by atoms with van der Waals surface area (Å²) in [6, 6.07) is 8.78. The Kier molecular flexibility index (Phi) is 6.34. The maximum Gasteiger partial charge on any atom is 0.255 e. The zero-order valence-electron chi connectivity index (χ0n) is 17.7. The Labute approximate surface area is 193 Å². The van der Waals surface area contributed by atoms with E-state index in [0.717, 1.165) is 6.26 Å². The van der Waals surface area contributed by atoms with Crippen molar-refractivity contribution in [2.24, 2.45) is 0 Å². The summed E-state index contributed by atoms with van der Waals surface area (Å²) in [6.07, 6.45) is 1.11. The number of anilines is 1. The lowest BCUT2D eigenvalue weighted by atomic mass is 10.0. The molecule has 0 saturated carbocycles. The summed E-state index contributed by atoms with van der Waals surface area (Å²) < 4.78 is 48.7. The molecule has 1 amide bonds. The number of ether oxygens (including phenoxy) is 1. The number of sulfone groups is 1. The number of halogens is 1. The molecule has 0 aliphatic heterocycles. The van der Waals surface area contributed by atoms with E-state index >= 15 is 0 Å². The normalized spacial score (nSPS) is 11.5. The first-order valence-electron chi connectivity index (χ1n) is 9.75. The number of aromatic nitrogens is 1. The van der Waals surface area contributed by atoms with Crippen LogP contribution in [0.15, 0.2) is 51.7 Å². The predicted octanol–water partition coefficient (Wildman–Crippen LogP) is 4.05. The predicted molar refractivity (Wildman–Crippen MR) is 125 cm³/mol. The number of benzene rings is 2. The van der Waals surface area contributed by atoms with E-state index in [1.165, 1.54) is 42.6 Å². The van der Waals surface area contributed by atoms with E-state index in [9.17, 15) is 17.6 Å². The molecule has 172 valence electrons. The van der Waals surface area contributed by atoms with Crippen LogP contribution in [0.2, 0.25) is 0 Å². The second-order valence-electron chi connectivity index (χ2n) is 7.25. The van der Waals surface area contributed by atoms with Gasteiger partial charge in [-0.1, -0.05) is 0 Å². The number of amides is 1. The first-order chi connectivity index (χ1) is 15.7. The first kappa shape index (κ1) is 22.7.